The van der Waals surface area contributed by atoms with Crippen LogP contribution in [0.1, 0.15) is 5.56 Å². The minimum Gasteiger partial charge on any atom is -0.389 e. The number of rotatable bonds is 2. The molecule has 0 unspecified atom stereocenters. The molecule has 4 nitrogen and oxygen atoms in total. The summed E-state index contributed by atoms with van der Waals surface area (Å²) in [4.78, 5) is 11.8. The molecule has 0 aliphatic rings. The Labute approximate surface area is 104 Å². The lowest BCUT2D eigenvalue weighted by atomic mass is 10.1. The van der Waals surface area contributed by atoms with E-state index in [0.717, 1.165) is 5.56 Å². The van der Waals surface area contributed by atoms with Crippen molar-refractivity contribution in [1.29, 1.82) is 0 Å². The Balaban J connectivity index is 2.66. The average Bonchev–Trinajstić information content (AvgIpc) is 2.33. The van der Waals surface area contributed by atoms with E-state index in [0.29, 0.717) is 11.3 Å². The van der Waals surface area contributed by atoms with E-state index in [1.165, 1.54) is 4.68 Å². The lowest BCUT2D eigenvalue weighted by Gasteiger charge is -2.06. The Kier molecular flexibility index (Phi) is 3.01. The van der Waals surface area contributed by atoms with Crippen LogP contribution >= 0.6 is 12.2 Å². The highest BCUT2D eigenvalue weighted by atomic mass is 32.1. The number of aromatic nitrogens is 2. The van der Waals surface area contributed by atoms with Crippen molar-refractivity contribution in [3.8, 4) is 11.3 Å². The molecule has 0 atom stereocenters. The maximum atomic E-state index is 11.7. The van der Waals surface area contributed by atoms with Gasteiger partial charge in [-0.05, 0) is 6.07 Å². The van der Waals surface area contributed by atoms with Gasteiger partial charge in [0, 0.05) is 12.6 Å². The summed E-state index contributed by atoms with van der Waals surface area (Å²) in [6.45, 7) is 0. The second kappa shape index (κ2) is 4.47. The molecule has 0 spiro atoms. The number of hydrogen-bond donors (Lipinski definition) is 1. The molecule has 0 bridgehead atoms. The van der Waals surface area contributed by atoms with E-state index in [2.05, 4.69) is 5.10 Å². The molecule has 2 N–H and O–H groups in total. The van der Waals surface area contributed by atoms with Gasteiger partial charge in [-0.1, -0.05) is 42.5 Å². The van der Waals surface area contributed by atoms with Crippen LogP contribution in [0.25, 0.3) is 11.3 Å². The normalized spacial score (nSPS) is 10.2. The molecule has 2 rings (SSSR count). The predicted octanol–water partition coefficient (Wildman–Crippen LogP) is 1.08. The summed E-state index contributed by atoms with van der Waals surface area (Å²) >= 11 is 4.86. The minimum atomic E-state index is -0.280. The molecule has 0 aliphatic carbocycles. The van der Waals surface area contributed by atoms with Crippen LogP contribution in [0.3, 0.4) is 0 Å². The molecule has 1 aromatic carbocycles. The molecule has 0 aliphatic heterocycles. The summed E-state index contributed by atoms with van der Waals surface area (Å²) < 4.78 is 1.25. The Morgan fingerprint density at radius 1 is 1.35 bits per heavy atom. The first-order chi connectivity index (χ1) is 8.09. The van der Waals surface area contributed by atoms with Gasteiger partial charge in [-0.25, -0.2) is 4.68 Å². The van der Waals surface area contributed by atoms with Crippen molar-refractivity contribution in [2.75, 3.05) is 0 Å². The molecule has 0 saturated carbocycles. The maximum Gasteiger partial charge on any atom is 0.276 e. The highest BCUT2D eigenvalue weighted by Gasteiger charge is 2.09. The second-order valence-corrected chi connectivity index (χ2v) is 4.04. The highest BCUT2D eigenvalue weighted by molar-refractivity contribution is 7.80. The lowest BCUT2D eigenvalue weighted by molar-refractivity contribution is 0.710. The fourth-order valence-electron chi connectivity index (χ4n) is 1.54. The maximum absolute atomic E-state index is 11.7. The smallest absolute Gasteiger partial charge is 0.276 e. The number of hydrogen-bond acceptors (Lipinski definition) is 3. The number of benzene rings is 1. The molecule has 0 saturated heterocycles. The molecule has 0 radical (unpaired) electrons. The second-order valence-electron chi connectivity index (χ2n) is 3.60. The van der Waals surface area contributed by atoms with Gasteiger partial charge in [-0.3, -0.25) is 4.79 Å². The number of aryl methyl sites for hydroxylation is 1. The van der Waals surface area contributed by atoms with Crippen LogP contribution in [0.4, 0.5) is 0 Å². The Morgan fingerprint density at radius 2 is 2.00 bits per heavy atom. The van der Waals surface area contributed by atoms with Crippen molar-refractivity contribution < 1.29 is 0 Å². The van der Waals surface area contributed by atoms with Crippen LogP contribution in [-0.4, -0.2) is 14.8 Å². The lowest BCUT2D eigenvalue weighted by Crippen LogP contribution is -2.29. The van der Waals surface area contributed by atoms with Crippen molar-refractivity contribution in [2.45, 2.75) is 0 Å². The van der Waals surface area contributed by atoms with Crippen LogP contribution in [0.15, 0.2) is 41.2 Å². The van der Waals surface area contributed by atoms with Crippen LogP contribution in [0.2, 0.25) is 0 Å². The monoisotopic (exact) mass is 245 g/mol. The Hall–Kier alpha value is -2.01. The van der Waals surface area contributed by atoms with E-state index in [9.17, 15) is 4.79 Å². The Bertz CT molecular complexity index is 619. The first-order valence-corrected chi connectivity index (χ1v) is 5.44. The first-order valence-electron chi connectivity index (χ1n) is 5.03. The van der Waals surface area contributed by atoms with Gasteiger partial charge < -0.3 is 5.73 Å². The van der Waals surface area contributed by atoms with E-state index in [1.807, 2.05) is 30.3 Å². The molecule has 17 heavy (non-hydrogen) atoms. The third kappa shape index (κ3) is 2.24. The molecular weight excluding hydrogens is 234 g/mol. The van der Waals surface area contributed by atoms with Crippen molar-refractivity contribution in [2.24, 2.45) is 12.8 Å². The molecule has 0 fully saturated rings. The van der Waals surface area contributed by atoms with Crippen molar-refractivity contribution in [3.05, 3.63) is 52.3 Å². The van der Waals surface area contributed by atoms with Crippen LogP contribution in [0, 0.1) is 0 Å². The molecule has 1 heterocycles. The summed E-state index contributed by atoms with van der Waals surface area (Å²) in [5, 5.41) is 4.18. The third-order valence-electron chi connectivity index (χ3n) is 2.40. The number of nitrogens with zero attached hydrogens (tertiary/aromatic N) is 2. The van der Waals surface area contributed by atoms with Gasteiger partial charge in [0.25, 0.3) is 5.56 Å². The van der Waals surface area contributed by atoms with Crippen molar-refractivity contribution >= 4 is 17.2 Å². The van der Waals surface area contributed by atoms with E-state index in [4.69, 9.17) is 18.0 Å². The molecular formula is C12H11N3OS. The van der Waals surface area contributed by atoms with Crippen LogP contribution in [0.5, 0.6) is 0 Å². The topological polar surface area (TPSA) is 60.9 Å². The summed E-state index contributed by atoms with van der Waals surface area (Å²) in [5.41, 5.74) is 7.15. The average molecular weight is 245 g/mol. The van der Waals surface area contributed by atoms with Crippen molar-refractivity contribution in [1.82, 2.24) is 9.78 Å². The largest absolute Gasteiger partial charge is 0.389 e. The molecule has 1 aromatic heterocycles. The quantitative estimate of drug-likeness (QED) is 0.804. The van der Waals surface area contributed by atoms with Gasteiger partial charge in [0.1, 0.15) is 4.99 Å². The summed E-state index contributed by atoms with van der Waals surface area (Å²) in [6, 6.07) is 11.2. The molecule has 2 aromatic rings. The zero-order chi connectivity index (χ0) is 12.4. The van der Waals surface area contributed by atoms with Gasteiger partial charge in [0.2, 0.25) is 0 Å². The first kappa shape index (κ1) is 11.5. The highest BCUT2D eigenvalue weighted by Crippen LogP contribution is 2.15. The zero-order valence-corrected chi connectivity index (χ0v) is 10.1. The minimum absolute atomic E-state index is 0.0881. The van der Waals surface area contributed by atoms with Gasteiger partial charge >= 0.3 is 0 Å². The van der Waals surface area contributed by atoms with E-state index >= 15 is 0 Å². The molecule has 0 amide bonds. The van der Waals surface area contributed by atoms with Gasteiger partial charge in [-0.2, -0.15) is 5.10 Å². The standard InChI is InChI=1S/C12H11N3OS/c1-15-12(16)9(11(13)17)7-10(14-15)8-5-3-2-4-6-8/h2-7H,1H3,(H2,13,17). The Morgan fingerprint density at radius 3 is 2.59 bits per heavy atom. The van der Waals surface area contributed by atoms with E-state index in [1.54, 1.807) is 13.1 Å². The summed E-state index contributed by atoms with van der Waals surface area (Å²) in [6.07, 6.45) is 0. The van der Waals surface area contributed by atoms with Crippen LogP contribution < -0.4 is 11.3 Å². The van der Waals surface area contributed by atoms with E-state index in [-0.39, 0.29) is 10.5 Å². The fraction of sp³-hybridized carbons (Fsp3) is 0.0833. The fourth-order valence-corrected chi connectivity index (χ4v) is 1.68. The SMILES string of the molecule is Cn1nc(-c2ccccc2)cc(C(N)=S)c1=O. The number of nitrogens with two attached hydrogens (primary N) is 1. The summed E-state index contributed by atoms with van der Waals surface area (Å²) in [7, 11) is 1.58. The third-order valence-corrected chi connectivity index (χ3v) is 2.62. The van der Waals surface area contributed by atoms with Crippen molar-refractivity contribution in [3.63, 3.8) is 0 Å². The molecule has 86 valence electrons. The molecule has 5 heteroatoms. The van der Waals surface area contributed by atoms with Gasteiger partial charge in [0.05, 0.1) is 11.3 Å². The predicted molar refractivity (Wildman–Crippen MR) is 70.8 cm³/mol. The van der Waals surface area contributed by atoms with Gasteiger partial charge in [0.15, 0.2) is 0 Å². The van der Waals surface area contributed by atoms with E-state index < -0.39 is 0 Å². The number of thiocarbonyl (C=S) groups is 1. The summed E-state index contributed by atoms with van der Waals surface area (Å²) in [5.74, 6) is 0. The van der Waals surface area contributed by atoms with Gasteiger partial charge in [-0.15, -0.1) is 0 Å². The van der Waals surface area contributed by atoms with Crippen LogP contribution in [-0.2, 0) is 7.05 Å². The zero-order valence-electron chi connectivity index (χ0n) is 9.25.